The number of aryl methyl sites for hydroxylation is 1. The Morgan fingerprint density at radius 3 is 2.53 bits per heavy atom. The number of hydrogen-bond acceptors (Lipinski definition) is 5. The van der Waals surface area contributed by atoms with Gasteiger partial charge in [0.15, 0.2) is 11.0 Å². The van der Waals surface area contributed by atoms with Crippen molar-refractivity contribution in [3.05, 3.63) is 59.7 Å². The lowest BCUT2D eigenvalue weighted by Gasteiger charge is -2.13. The lowest BCUT2D eigenvalue weighted by Crippen LogP contribution is -2.23. The van der Waals surface area contributed by atoms with E-state index in [0.717, 1.165) is 29.9 Å². The molecular formula is C22H25N5O2S. The lowest BCUT2D eigenvalue weighted by molar-refractivity contribution is -0.115. The molecule has 0 saturated carbocycles. The number of aromatic nitrogens is 3. The van der Waals surface area contributed by atoms with Crippen molar-refractivity contribution in [3.63, 3.8) is 0 Å². The van der Waals surface area contributed by atoms with E-state index >= 15 is 0 Å². The highest BCUT2D eigenvalue weighted by atomic mass is 32.2. The van der Waals surface area contributed by atoms with Gasteiger partial charge in [-0.25, -0.2) is 0 Å². The number of carbonyl (C=O) groups is 2. The van der Waals surface area contributed by atoms with Gasteiger partial charge in [-0.3, -0.25) is 9.59 Å². The van der Waals surface area contributed by atoms with Gasteiger partial charge in [0.2, 0.25) is 11.8 Å². The highest BCUT2D eigenvalue weighted by Gasteiger charge is 2.21. The zero-order valence-electron chi connectivity index (χ0n) is 17.3. The number of nitrogens with zero attached hydrogens (tertiary/aromatic N) is 3. The van der Waals surface area contributed by atoms with Crippen LogP contribution in [0.15, 0.2) is 53.7 Å². The summed E-state index contributed by atoms with van der Waals surface area (Å²) >= 11 is 1.37. The van der Waals surface area contributed by atoms with Gasteiger partial charge in [0.1, 0.15) is 0 Å². The van der Waals surface area contributed by atoms with Crippen molar-refractivity contribution in [1.29, 1.82) is 0 Å². The molecule has 3 rings (SSSR count). The molecule has 0 radical (unpaired) electrons. The first-order valence-corrected chi connectivity index (χ1v) is 10.6. The minimum absolute atomic E-state index is 0.157. The second-order valence-corrected chi connectivity index (χ2v) is 8.33. The number of thioether (sulfide) groups is 1. The van der Waals surface area contributed by atoms with E-state index in [1.54, 1.807) is 24.3 Å². The molecule has 0 aliphatic carbocycles. The summed E-state index contributed by atoms with van der Waals surface area (Å²) < 4.78 is 2.06. The number of carbonyl (C=O) groups excluding carboxylic acids is 2. The number of primary amides is 1. The van der Waals surface area contributed by atoms with Gasteiger partial charge in [0.05, 0.1) is 5.25 Å². The Morgan fingerprint density at radius 2 is 1.90 bits per heavy atom. The minimum atomic E-state index is -0.503. The van der Waals surface area contributed by atoms with Crippen LogP contribution in [-0.4, -0.2) is 31.8 Å². The fourth-order valence-electron chi connectivity index (χ4n) is 2.97. The Bertz CT molecular complexity index is 1050. The molecule has 1 atom stereocenters. The van der Waals surface area contributed by atoms with Gasteiger partial charge in [-0.2, -0.15) is 0 Å². The Hall–Kier alpha value is -3.13. The van der Waals surface area contributed by atoms with Crippen LogP contribution in [0.4, 0.5) is 5.69 Å². The van der Waals surface area contributed by atoms with E-state index in [2.05, 4.69) is 33.1 Å². The molecule has 30 heavy (non-hydrogen) atoms. The maximum Gasteiger partial charge on any atom is 0.248 e. The molecule has 0 saturated heterocycles. The summed E-state index contributed by atoms with van der Waals surface area (Å²) in [7, 11) is 0. The normalized spacial score (nSPS) is 11.8. The van der Waals surface area contributed by atoms with Crippen LogP contribution in [0.1, 0.15) is 36.2 Å². The van der Waals surface area contributed by atoms with Crippen molar-refractivity contribution in [2.24, 2.45) is 5.73 Å². The Balaban J connectivity index is 1.74. The maximum atomic E-state index is 12.6. The smallest absolute Gasteiger partial charge is 0.248 e. The minimum Gasteiger partial charge on any atom is -0.366 e. The molecular weight excluding hydrogens is 398 g/mol. The Morgan fingerprint density at radius 1 is 1.17 bits per heavy atom. The standard InChI is InChI=1S/C22H25N5O2S/c1-4-12-27-20(17-7-5-6-14(2)13-17)25-26-22(27)30-15(3)21(29)24-18-10-8-16(9-11-18)19(23)28/h5-11,13,15H,4,12H2,1-3H3,(H2,23,28)(H,24,29). The molecule has 0 spiro atoms. The first-order chi connectivity index (χ1) is 14.4. The van der Waals surface area contributed by atoms with Crippen LogP contribution in [0.3, 0.4) is 0 Å². The van der Waals surface area contributed by atoms with Crippen molar-refractivity contribution in [1.82, 2.24) is 14.8 Å². The van der Waals surface area contributed by atoms with Crippen molar-refractivity contribution in [3.8, 4) is 11.4 Å². The SMILES string of the molecule is CCCn1c(SC(C)C(=O)Nc2ccc(C(N)=O)cc2)nnc1-c1cccc(C)c1. The number of nitrogens with two attached hydrogens (primary N) is 1. The molecule has 3 N–H and O–H groups in total. The summed E-state index contributed by atoms with van der Waals surface area (Å²) in [6.07, 6.45) is 0.928. The average molecular weight is 424 g/mol. The van der Waals surface area contributed by atoms with Gasteiger partial charge in [0.25, 0.3) is 0 Å². The third-order valence-electron chi connectivity index (χ3n) is 4.53. The van der Waals surface area contributed by atoms with Gasteiger partial charge in [0, 0.05) is 23.4 Å². The van der Waals surface area contributed by atoms with E-state index in [-0.39, 0.29) is 11.2 Å². The third kappa shape index (κ3) is 5.07. The van der Waals surface area contributed by atoms with Crippen LogP contribution in [0.2, 0.25) is 0 Å². The largest absolute Gasteiger partial charge is 0.366 e. The van der Waals surface area contributed by atoms with E-state index in [0.29, 0.717) is 16.4 Å². The summed E-state index contributed by atoms with van der Waals surface area (Å²) in [5, 5.41) is 11.9. The van der Waals surface area contributed by atoms with E-state index in [9.17, 15) is 9.59 Å². The van der Waals surface area contributed by atoms with E-state index < -0.39 is 5.91 Å². The second kappa shape index (κ2) is 9.58. The predicted octanol–water partition coefficient (Wildman–Crippen LogP) is 3.88. The molecule has 0 aliphatic rings. The summed E-state index contributed by atoms with van der Waals surface area (Å²) in [5.74, 6) is 0.143. The number of rotatable bonds is 8. The topological polar surface area (TPSA) is 103 Å². The highest BCUT2D eigenvalue weighted by molar-refractivity contribution is 8.00. The van der Waals surface area contributed by atoms with Crippen LogP contribution < -0.4 is 11.1 Å². The molecule has 8 heteroatoms. The zero-order chi connectivity index (χ0) is 21.7. The Kier molecular flexibility index (Phi) is 6.89. The third-order valence-corrected chi connectivity index (χ3v) is 5.61. The molecule has 1 heterocycles. The molecule has 0 aliphatic heterocycles. The first-order valence-electron chi connectivity index (χ1n) is 9.76. The monoisotopic (exact) mass is 423 g/mol. The van der Waals surface area contributed by atoms with Gasteiger partial charge >= 0.3 is 0 Å². The van der Waals surface area contributed by atoms with E-state index in [4.69, 9.17) is 5.73 Å². The summed E-state index contributed by atoms with van der Waals surface area (Å²) in [5.41, 5.74) is 8.41. The predicted molar refractivity (Wildman–Crippen MR) is 119 cm³/mol. The van der Waals surface area contributed by atoms with Crippen molar-refractivity contribution >= 4 is 29.3 Å². The lowest BCUT2D eigenvalue weighted by atomic mass is 10.1. The van der Waals surface area contributed by atoms with Gasteiger partial charge < -0.3 is 15.6 Å². The number of anilines is 1. The van der Waals surface area contributed by atoms with Gasteiger partial charge in [-0.1, -0.05) is 42.4 Å². The van der Waals surface area contributed by atoms with Crippen LogP contribution in [0, 0.1) is 6.92 Å². The van der Waals surface area contributed by atoms with Crippen LogP contribution in [0.5, 0.6) is 0 Å². The number of amides is 2. The summed E-state index contributed by atoms with van der Waals surface area (Å²) in [6.45, 7) is 6.74. The van der Waals surface area contributed by atoms with Crippen LogP contribution >= 0.6 is 11.8 Å². The number of hydrogen-bond donors (Lipinski definition) is 2. The number of nitrogens with one attached hydrogen (secondary N) is 1. The molecule has 1 aromatic heterocycles. The average Bonchev–Trinajstić information content (AvgIpc) is 3.11. The number of benzene rings is 2. The Labute approximate surface area is 180 Å². The van der Waals surface area contributed by atoms with Crippen LogP contribution in [0.25, 0.3) is 11.4 Å². The molecule has 2 amide bonds. The molecule has 0 bridgehead atoms. The van der Waals surface area contributed by atoms with Crippen molar-refractivity contribution in [2.45, 2.75) is 44.1 Å². The molecule has 1 unspecified atom stereocenters. The molecule has 3 aromatic rings. The summed E-state index contributed by atoms with van der Waals surface area (Å²) in [6, 6.07) is 14.6. The van der Waals surface area contributed by atoms with Gasteiger partial charge in [-0.15, -0.1) is 10.2 Å². The summed E-state index contributed by atoms with van der Waals surface area (Å²) in [4.78, 5) is 23.8. The molecule has 156 valence electrons. The first kappa shape index (κ1) is 21.6. The quantitative estimate of drug-likeness (QED) is 0.535. The van der Waals surface area contributed by atoms with Crippen molar-refractivity contribution in [2.75, 3.05) is 5.32 Å². The van der Waals surface area contributed by atoms with E-state index in [1.165, 1.54) is 11.8 Å². The molecule has 7 nitrogen and oxygen atoms in total. The van der Waals surface area contributed by atoms with E-state index in [1.807, 2.05) is 32.0 Å². The van der Waals surface area contributed by atoms with Crippen LogP contribution in [-0.2, 0) is 11.3 Å². The molecule has 0 fully saturated rings. The maximum absolute atomic E-state index is 12.6. The zero-order valence-corrected chi connectivity index (χ0v) is 18.1. The fourth-order valence-corrected chi connectivity index (χ4v) is 3.85. The highest BCUT2D eigenvalue weighted by Crippen LogP contribution is 2.28. The molecule has 2 aromatic carbocycles. The van der Waals surface area contributed by atoms with Crippen molar-refractivity contribution < 1.29 is 9.59 Å². The fraction of sp³-hybridized carbons (Fsp3) is 0.273. The second-order valence-electron chi connectivity index (χ2n) is 7.02. The van der Waals surface area contributed by atoms with Gasteiger partial charge in [-0.05, 0) is 50.6 Å².